The van der Waals surface area contributed by atoms with Crippen LogP contribution >= 0.6 is 11.6 Å². The summed E-state index contributed by atoms with van der Waals surface area (Å²) in [5.74, 6) is 0. The van der Waals surface area contributed by atoms with E-state index in [9.17, 15) is 0 Å². The first-order valence-electron chi connectivity index (χ1n) is 5.33. The first-order valence-corrected chi connectivity index (χ1v) is 5.70. The molecule has 0 radical (unpaired) electrons. The minimum atomic E-state index is 0.277. The van der Waals surface area contributed by atoms with Crippen molar-refractivity contribution < 1.29 is 0 Å². The third-order valence-electron chi connectivity index (χ3n) is 2.53. The number of benzene rings is 2. The van der Waals surface area contributed by atoms with Gasteiger partial charge in [0, 0.05) is 16.8 Å². The second-order valence-corrected chi connectivity index (χ2v) is 4.22. The zero-order chi connectivity index (χ0) is 11.4. The van der Waals surface area contributed by atoms with Crippen molar-refractivity contribution in [3.05, 3.63) is 65.2 Å². The largest absolute Gasteiger partial charge is 0.379 e. The predicted octanol–water partition coefficient (Wildman–Crippen LogP) is 4.51. The maximum atomic E-state index is 5.86. The lowest BCUT2D eigenvalue weighted by molar-refractivity contribution is 0.885. The fourth-order valence-corrected chi connectivity index (χ4v) is 1.75. The van der Waals surface area contributed by atoms with Crippen LogP contribution in [0.5, 0.6) is 0 Å². The Hall–Kier alpha value is -1.47. The van der Waals surface area contributed by atoms with Gasteiger partial charge in [-0.25, -0.2) is 0 Å². The Morgan fingerprint density at radius 1 is 0.938 bits per heavy atom. The molecule has 16 heavy (non-hydrogen) atoms. The molecule has 0 aromatic heterocycles. The van der Waals surface area contributed by atoms with Gasteiger partial charge in [-0.2, -0.15) is 0 Å². The molecule has 0 unspecified atom stereocenters. The number of hydrogen-bond acceptors (Lipinski definition) is 1. The average Bonchev–Trinajstić information content (AvgIpc) is 2.31. The molecule has 2 aromatic rings. The van der Waals surface area contributed by atoms with Crippen molar-refractivity contribution >= 4 is 17.3 Å². The van der Waals surface area contributed by atoms with Gasteiger partial charge in [-0.3, -0.25) is 0 Å². The molecule has 0 spiro atoms. The van der Waals surface area contributed by atoms with Crippen LogP contribution in [0, 0.1) is 0 Å². The average molecular weight is 232 g/mol. The second-order valence-electron chi connectivity index (χ2n) is 3.78. The smallest absolute Gasteiger partial charge is 0.0485 e. The van der Waals surface area contributed by atoms with Crippen molar-refractivity contribution in [2.75, 3.05) is 5.32 Å². The van der Waals surface area contributed by atoms with Crippen molar-refractivity contribution in [2.24, 2.45) is 0 Å². The number of halogens is 1. The molecule has 2 rings (SSSR count). The van der Waals surface area contributed by atoms with Crippen LogP contribution in [0.4, 0.5) is 5.69 Å². The third-order valence-corrected chi connectivity index (χ3v) is 2.78. The summed E-state index contributed by atoms with van der Waals surface area (Å²) in [5, 5.41) is 4.21. The summed E-state index contributed by atoms with van der Waals surface area (Å²) >= 11 is 5.86. The van der Waals surface area contributed by atoms with Crippen molar-refractivity contribution in [3.8, 4) is 0 Å². The fraction of sp³-hybridized carbons (Fsp3) is 0.143. The number of para-hydroxylation sites is 1. The Bertz CT molecular complexity index is 436. The summed E-state index contributed by atoms with van der Waals surface area (Å²) in [6, 6.07) is 18.4. The minimum absolute atomic E-state index is 0.277. The molecule has 0 heterocycles. The van der Waals surface area contributed by atoms with Crippen LogP contribution in [0.2, 0.25) is 5.02 Å². The monoisotopic (exact) mass is 231 g/mol. The van der Waals surface area contributed by atoms with E-state index in [0.29, 0.717) is 0 Å². The molecule has 0 saturated carbocycles. The Morgan fingerprint density at radius 2 is 1.56 bits per heavy atom. The van der Waals surface area contributed by atoms with Crippen LogP contribution in [-0.2, 0) is 0 Å². The van der Waals surface area contributed by atoms with Gasteiger partial charge in [0.15, 0.2) is 0 Å². The lowest BCUT2D eigenvalue weighted by atomic mass is 10.1. The van der Waals surface area contributed by atoms with E-state index in [1.807, 2.05) is 42.5 Å². The quantitative estimate of drug-likeness (QED) is 0.820. The van der Waals surface area contributed by atoms with Crippen molar-refractivity contribution in [2.45, 2.75) is 13.0 Å². The number of rotatable bonds is 3. The molecule has 0 fully saturated rings. The van der Waals surface area contributed by atoms with Crippen LogP contribution in [0.3, 0.4) is 0 Å². The molecule has 0 aliphatic heterocycles. The standard InChI is InChI=1S/C14H14ClN/c1-11(12-7-9-13(15)10-8-12)16-14-5-3-2-4-6-14/h2-11,16H,1H3/t11-/m1/s1. The summed E-state index contributed by atoms with van der Waals surface area (Å²) in [6.45, 7) is 2.14. The van der Waals surface area contributed by atoms with Crippen LogP contribution < -0.4 is 5.32 Å². The van der Waals surface area contributed by atoms with Gasteiger partial charge in [0.25, 0.3) is 0 Å². The first kappa shape index (κ1) is 11.0. The zero-order valence-electron chi connectivity index (χ0n) is 9.15. The van der Waals surface area contributed by atoms with Crippen molar-refractivity contribution in [3.63, 3.8) is 0 Å². The highest BCUT2D eigenvalue weighted by atomic mass is 35.5. The zero-order valence-corrected chi connectivity index (χ0v) is 9.91. The van der Waals surface area contributed by atoms with Crippen LogP contribution in [0.15, 0.2) is 54.6 Å². The maximum absolute atomic E-state index is 5.86. The van der Waals surface area contributed by atoms with E-state index in [-0.39, 0.29) is 6.04 Å². The summed E-state index contributed by atoms with van der Waals surface area (Å²) in [6.07, 6.45) is 0. The summed E-state index contributed by atoms with van der Waals surface area (Å²) in [4.78, 5) is 0. The number of hydrogen-bond donors (Lipinski definition) is 1. The van der Waals surface area contributed by atoms with Crippen molar-refractivity contribution in [1.82, 2.24) is 0 Å². The molecule has 0 amide bonds. The molecule has 0 saturated heterocycles. The highest BCUT2D eigenvalue weighted by Crippen LogP contribution is 2.20. The van der Waals surface area contributed by atoms with E-state index < -0.39 is 0 Å². The Morgan fingerprint density at radius 3 is 2.19 bits per heavy atom. The second kappa shape index (κ2) is 5.04. The van der Waals surface area contributed by atoms with Gasteiger partial charge in [-0.15, -0.1) is 0 Å². The van der Waals surface area contributed by atoms with Gasteiger partial charge in [-0.05, 0) is 36.8 Å². The number of nitrogens with one attached hydrogen (secondary N) is 1. The van der Waals surface area contributed by atoms with E-state index in [1.165, 1.54) is 5.56 Å². The third kappa shape index (κ3) is 2.77. The molecule has 1 atom stereocenters. The van der Waals surface area contributed by atoms with Gasteiger partial charge >= 0.3 is 0 Å². The van der Waals surface area contributed by atoms with Crippen molar-refractivity contribution in [1.29, 1.82) is 0 Å². The minimum Gasteiger partial charge on any atom is -0.379 e. The van der Waals surface area contributed by atoms with E-state index in [4.69, 9.17) is 11.6 Å². The van der Waals surface area contributed by atoms with E-state index >= 15 is 0 Å². The van der Waals surface area contributed by atoms with Crippen LogP contribution in [0.25, 0.3) is 0 Å². The van der Waals surface area contributed by atoms with Gasteiger partial charge < -0.3 is 5.32 Å². The number of anilines is 1. The normalized spacial score (nSPS) is 12.1. The summed E-state index contributed by atoms with van der Waals surface area (Å²) in [5.41, 5.74) is 2.36. The van der Waals surface area contributed by atoms with Gasteiger partial charge in [0.2, 0.25) is 0 Å². The van der Waals surface area contributed by atoms with E-state index in [1.54, 1.807) is 0 Å². The van der Waals surface area contributed by atoms with Gasteiger partial charge in [-0.1, -0.05) is 41.9 Å². The molecular formula is C14H14ClN. The molecule has 0 aliphatic carbocycles. The first-order chi connectivity index (χ1) is 7.75. The van der Waals surface area contributed by atoms with Crippen LogP contribution in [-0.4, -0.2) is 0 Å². The van der Waals surface area contributed by atoms with Gasteiger partial charge in [0.1, 0.15) is 0 Å². The van der Waals surface area contributed by atoms with E-state index in [2.05, 4.69) is 24.4 Å². The highest BCUT2D eigenvalue weighted by Gasteiger charge is 2.04. The molecule has 2 heteroatoms. The predicted molar refractivity (Wildman–Crippen MR) is 69.9 cm³/mol. The summed E-state index contributed by atoms with van der Waals surface area (Å²) < 4.78 is 0. The lowest BCUT2D eigenvalue weighted by Crippen LogP contribution is -2.05. The van der Waals surface area contributed by atoms with Crippen LogP contribution in [0.1, 0.15) is 18.5 Å². The highest BCUT2D eigenvalue weighted by molar-refractivity contribution is 6.30. The Balaban J connectivity index is 2.09. The molecule has 0 bridgehead atoms. The molecule has 82 valence electrons. The Kier molecular flexibility index (Phi) is 3.47. The molecule has 1 nitrogen and oxygen atoms in total. The van der Waals surface area contributed by atoms with E-state index in [0.717, 1.165) is 10.7 Å². The van der Waals surface area contributed by atoms with Gasteiger partial charge in [0.05, 0.1) is 0 Å². The lowest BCUT2D eigenvalue weighted by Gasteiger charge is -2.15. The molecular weight excluding hydrogens is 218 g/mol. The summed E-state index contributed by atoms with van der Waals surface area (Å²) in [7, 11) is 0. The Labute approximate surface area is 101 Å². The fourth-order valence-electron chi connectivity index (χ4n) is 1.62. The maximum Gasteiger partial charge on any atom is 0.0485 e. The molecule has 2 aromatic carbocycles. The molecule has 0 aliphatic rings. The SMILES string of the molecule is C[C@@H](Nc1ccccc1)c1ccc(Cl)cc1. The topological polar surface area (TPSA) is 12.0 Å². The molecule has 1 N–H and O–H groups in total.